The van der Waals surface area contributed by atoms with Crippen LogP contribution in [-0.4, -0.2) is 47.2 Å². The first-order valence-corrected chi connectivity index (χ1v) is 14.6. The molecule has 1 fully saturated rings. The maximum absolute atomic E-state index is 13.9. The average Bonchev–Trinajstić information content (AvgIpc) is 2.72. The molecular formula is C25H28O7Si. The van der Waals surface area contributed by atoms with E-state index in [9.17, 15) is 29.4 Å². The lowest BCUT2D eigenvalue weighted by atomic mass is 9.61. The van der Waals surface area contributed by atoms with Crippen LogP contribution in [0.15, 0.2) is 24.3 Å². The SMILES string of the molecule is CC(=O)OC1(C(C)=O)CC2C(=O)c3c(c(O)c4ccccc4c3O)C(=O)C2C([Si](C)(C)C)C1. The molecule has 2 aromatic rings. The molecule has 0 heterocycles. The number of aromatic hydroxyl groups is 2. The van der Waals surface area contributed by atoms with Crippen LogP contribution in [0.2, 0.25) is 25.2 Å². The topological polar surface area (TPSA) is 118 Å². The van der Waals surface area contributed by atoms with Gasteiger partial charge in [0.15, 0.2) is 23.0 Å². The maximum atomic E-state index is 13.9. The second kappa shape index (κ2) is 7.51. The lowest BCUT2D eigenvalue weighted by Crippen LogP contribution is -2.58. The molecule has 0 aliphatic heterocycles. The smallest absolute Gasteiger partial charge is 0.303 e. The number of ether oxygens (including phenoxy) is 1. The predicted molar refractivity (Wildman–Crippen MR) is 124 cm³/mol. The fourth-order valence-corrected chi connectivity index (χ4v) is 8.15. The molecule has 0 radical (unpaired) electrons. The Morgan fingerprint density at radius 3 is 1.91 bits per heavy atom. The first-order chi connectivity index (χ1) is 15.3. The highest BCUT2D eigenvalue weighted by atomic mass is 28.3. The van der Waals surface area contributed by atoms with Gasteiger partial charge in [-0.2, -0.15) is 0 Å². The van der Waals surface area contributed by atoms with Crippen molar-refractivity contribution in [1.82, 2.24) is 0 Å². The van der Waals surface area contributed by atoms with E-state index in [0.717, 1.165) is 0 Å². The Labute approximate surface area is 192 Å². The molecule has 4 unspecified atom stereocenters. The van der Waals surface area contributed by atoms with E-state index >= 15 is 0 Å². The molecule has 7 nitrogen and oxygen atoms in total. The number of hydrogen-bond donors (Lipinski definition) is 2. The van der Waals surface area contributed by atoms with Gasteiger partial charge in [-0.3, -0.25) is 19.2 Å². The molecule has 0 spiro atoms. The number of hydrogen-bond acceptors (Lipinski definition) is 7. The standard InChI is InChI=1S/C25H28O7Si/c1-12(26)25(32-13(2)27)10-16-18(17(11-25)33(3,4)5)24(31)20-19(23(16)30)21(28)14-8-6-7-9-15(14)22(20)29/h6-9,16-18,28-29H,10-11H2,1-5H3. The molecule has 1 saturated carbocycles. The van der Waals surface area contributed by atoms with Crippen molar-refractivity contribution in [3.63, 3.8) is 0 Å². The van der Waals surface area contributed by atoms with Crippen molar-refractivity contribution in [2.24, 2.45) is 11.8 Å². The first-order valence-electron chi connectivity index (χ1n) is 11.1. The Bertz CT molecular complexity index is 1230. The van der Waals surface area contributed by atoms with Gasteiger partial charge in [0.1, 0.15) is 11.5 Å². The zero-order valence-corrected chi connectivity index (χ0v) is 20.4. The van der Waals surface area contributed by atoms with Crippen LogP contribution in [0.5, 0.6) is 11.5 Å². The Kier molecular flexibility index (Phi) is 5.27. The Hall–Kier alpha value is -3.00. The van der Waals surface area contributed by atoms with Gasteiger partial charge in [0, 0.05) is 44.0 Å². The minimum Gasteiger partial charge on any atom is -0.507 e. The van der Waals surface area contributed by atoms with Gasteiger partial charge in [-0.05, 0) is 18.9 Å². The summed E-state index contributed by atoms with van der Waals surface area (Å²) < 4.78 is 5.57. The van der Waals surface area contributed by atoms with Gasteiger partial charge >= 0.3 is 5.97 Å². The number of ketones is 3. The van der Waals surface area contributed by atoms with E-state index in [1.165, 1.54) is 13.8 Å². The lowest BCUT2D eigenvalue weighted by Gasteiger charge is -2.51. The summed E-state index contributed by atoms with van der Waals surface area (Å²) in [5, 5.41) is 22.5. The van der Waals surface area contributed by atoms with E-state index in [1.54, 1.807) is 24.3 Å². The lowest BCUT2D eigenvalue weighted by molar-refractivity contribution is -0.170. The van der Waals surface area contributed by atoms with Gasteiger partial charge in [0.25, 0.3) is 0 Å². The number of benzene rings is 2. The van der Waals surface area contributed by atoms with Crippen LogP contribution in [0.3, 0.4) is 0 Å². The van der Waals surface area contributed by atoms with Gasteiger partial charge < -0.3 is 14.9 Å². The Morgan fingerprint density at radius 2 is 1.45 bits per heavy atom. The molecule has 174 valence electrons. The minimum absolute atomic E-state index is 0.120. The third kappa shape index (κ3) is 3.39. The highest BCUT2D eigenvalue weighted by molar-refractivity contribution is 6.78. The van der Waals surface area contributed by atoms with Gasteiger partial charge in [-0.1, -0.05) is 43.9 Å². The monoisotopic (exact) mass is 468 g/mol. The number of phenols is 2. The van der Waals surface area contributed by atoms with E-state index in [-0.39, 0.29) is 52.2 Å². The second-order valence-corrected chi connectivity index (χ2v) is 15.9. The molecular weight excluding hydrogens is 440 g/mol. The van der Waals surface area contributed by atoms with Crippen LogP contribution in [0.25, 0.3) is 10.8 Å². The van der Waals surface area contributed by atoms with Crippen LogP contribution in [-0.2, 0) is 14.3 Å². The molecule has 2 aliphatic carbocycles. The number of Topliss-reactive ketones (excluding diaryl/α,β-unsaturated/α-hetero) is 3. The van der Waals surface area contributed by atoms with Crippen molar-refractivity contribution in [1.29, 1.82) is 0 Å². The average molecular weight is 469 g/mol. The molecule has 4 rings (SSSR count). The molecule has 2 aliphatic rings. The predicted octanol–water partition coefficient (Wildman–Crippen LogP) is 4.26. The summed E-state index contributed by atoms with van der Waals surface area (Å²) in [5.74, 6) is -4.26. The summed E-state index contributed by atoms with van der Waals surface area (Å²) in [6, 6.07) is 6.50. The summed E-state index contributed by atoms with van der Waals surface area (Å²) >= 11 is 0. The van der Waals surface area contributed by atoms with E-state index in [0.29, 0.717) is 5.39 Å². The van der Waals surface area contributed by atoms with Crippen molar-refractivity contribution in [2.75, 3.05) is 0 Å². The Morgan fingerprint density at radius 1 is 0.939 bits per heavy atom. The summed E-state index contributed by atoms with van der Waals surface area (Å²) in [4.78, 5) is 52.4. The van der Waals surface area contributed by atoms with Crippen LogP contribution < -0.4 is 0 Å². The number of esters is 1. The van der Waals surface area contributed by atoms with E-state index in [2.05, 4.69) is 0 Å². The summed E-state index contributed by atoms with van der Waals surface area (Å²) in [5.41, 5.74) is -2.21. The normalized spacial score (nSPS) is 27.1. The number of carbonyl (C=O) groups excluding carboxylic acids is 4. The van der Waals surface area contributed by atoms with Crippen LogP contribution in [0, 0.1) is 11.8 Å². The summed E-state index contributed by atoms with van der Waals surface area (Å²) in [6.07, 6.45) is 0.0398. The van der Waals surface area contributed by atoms with Crippen molar-refractivity contribution in [3.05, 3.63) is 35.4 Å². The maximum Gasteiger partial charge on any atom is 0.303 e. The Balaban J connectivity index is 1.99. The number of rotatable bonds is 3. The molecule has 2 N–H and O–H groups in total. The number of carbonyl (C=O) groups is 4. The van der Waals surface area contributed by atoms with Crippen molar-refractivity contribution in [3.8, 4) is 11.5 Å². The quantitative estimate of drug-likeness (QED) is 0.393. The van der Waals surface area contributed by atoms with Crippen LogP contribution >= 0.6 is 0 Å². The van der Waals surface area contributed by atoms with E-state index in [4.69, 9.17) is 4.74 Å². The molecule has 0 bridgehead atoms. The summed E-state index contributed by atoms with van der Waals surface area (Å²) in [6.45, 7) is 8.70. The van der Waals surface area contributed by atoms with Gasteiger partial charge in [0.05, 0.1) is 11.1 Å². The van der Waals surface area contributed by atoms with Gasteiger partial charge in [-0.15, -0.1) is 0 Å². The van der Waals surface area contributed by atoms with E-state index < -0.39 is 43.0 Å². The highest BCUT2D eigenvalue weighted by Crippen LogP contribution is 2.56. The molecule has 4 atom stereocenters. The zero-order chi connectivity index (χ0) is 24.5. The third-order valence-corrected chi connectivity index (χ3v) is 10.1. The number of fused-ring (bicyclic) bond motifs is 3. The third-order valence-electron chi connectivity index (χ3n) is 7.35. The molecule has 0 saturated heterocycles. The highest BCUT2D eigenvalue weighted by Gasteiger charge is 2.60. The molecule has 0 amide bonds. The number of phenolic OH excluding ortho intramolecular Hbond substituents is 2. The molecule has 33 heavy (non-hydrogen) atoms. The second-order valence-electron chi connectivity index (χ2n) is 10.4. The largest absolute Gasteiger partial charge is 0.507 e. The minimum atomic E-state index is -2.19. The van der Waals surface area contributed by atoms with Gasteiger partial charge in [-0.25, -0.2) is 0 Å². The molecule has 8 heteroatoms. The van der Waals surface area contributed by atoms with Crippen molar-refractivity contribution in [2.45, 2.75) is 57.5 Å². The van der Waals surface area contributed by atoms with Crippen LogP contribution in [0.4, 0.5) is 0 Å². The van der Waals surface area contributed by atoms with Crippen molar-refractivity contribution < 1.29 is 34.1 Å². The van der Waals surface area contributed by atoms with Crippen molar-refractivity contribution >= 4 is 42.2 Å². The fraction of sp³-hybridized carbons (Fsp3) is 0.440. The fourth-order valence-electron chi connectivity index (χ4n) is 5.75. The first kappa shape index (κ1) is 23.2. The molecule has 0 aromatic heterocycles. The van der Waals surface area contributed by atoms with E-state index in [1.807, 2.05) is 19.6 Å². The van der Waals surface area contributed by atoms with Gasteiger partial charge in [0.2, 0.25) is 0 Å². The summed E-state index contributed by atoms with van der Waals surface area (Å²) in [7, 11) is -2.19. The molecule has 2 aromatic carbocycles. The zero-order valence-electron chi connectivity index (χ0n) is 19.4. The van der Waals surface area contributed by atoms with Crippen LogP contribution in [0.1, 0.15) is 47.4 Å².